The molecule has 0 fully saturated rings. The normalized spacial score (nSPS) is 9.73. The highest BCUT2D eigenvalue weighted by atomic mass is 35.5. The topological polar surface area (TPSA) is 64.4 Å². The maximum Gasteiger partial charge on any atom is 0.251 e. The lowest BCUT2D eigenvalue weighted by Crippen LogP contribution is -2.23. The van der Waals surface area contributed by atoms with Gasteiger partial charge in [0, 0.05) is 12.1 Å². The molecule has 6 heteroatoms. The molecule has 0 aliphatic heterocycles. The van der Waals surface area contributed by atoms with Gasteiger partial charge in [-0.3, -0.25) is 4.79 Å². The maximum absolute atomic E-state index is 12.0. The number of amides is 1. The molecule has 0 radical (unpaired) electrons. The van der Waals surface area contributed by atoms with Crippen LogP contribution < -0.4 is 15.8 Å². The quantitative estimate of drug-likeness (QED) is 0.798. The van der Waals surface area contributed by atoms with Crippen molar-refractivity contribution in [3.63, 3.8) is 0 Å². The summed E-state index contributed by atoms with van der Waals surface area (Å²) < 4.78 is 5.70. The van der Waals surface area contributed by atoms with Gasteiger partial charge in [0.05, 0.1) is 10.7 Å². The SMILES string of the molecule is CCCNC(=O)c1ccc(N)c(Oc2ccccc2Cl)c1.Cl. The lowest BCUT2D eigenvalue weighted by Gasteiger charge is -2.11. The molecule has 118 valence electrons. The first-order valence-corrected chi connectivity index (χ1v) is 7.09. The highest BCUT2D eigenvalue weighted by Crippen LogP contribution is 2.32. The Kier molecular flexibility index (Phi) is 7.02. The Labute approximate surface area is 141 Å². The van der Waals surface area contributed by atoms with Crippen LogP contribution in [-0.2, 0) is 0 Å². The molecule has 22 heavy (non-hydrogen) atoms. The fourth-order valence-corrected chi connectivity index (χ4v) is 1.92. The first kappa shape index (κ1) is 18.1. The molecule has 0 unspecified atom stereocenters. The fraction of sp³-hybridized carbons (Fsp3) is 0.188. The molecule has 2 rings (SSSR count). The van der Waals surface area contributed by atoms with Gasteiger partial charge >= 0.3 is 0 Å². The van der Waals surface area contributed by atoms with E-state index in [9.17, 15) is 4.79 Å². The van der Waals surface area contributed by atoms with Crippen molar-refractivity contribution >= 4 is 35.6 Å². The molecule has 0 aliphatic rings. The molecule has 0 heterocycles. The number of nitrogens with one attached hydrogen (secondary N) is 1. The van der Waals surface area contributed by atoms with Crippen molar-refractivity contribution in [2.45, 2.75) is 13.3 Å². The second-order valence-corrected chi connectivity index (χ2v) is 4.95. The van der Waals surface area contributed by atoms with Gasteiger partial charge in [0.25, 0.3) is 5.91 Å². The monoisotopic (exact) mass is 340 g/mol. The molecule has 1 amide bonds. The van der Waals surface area contributed by atoms with E-state index < -0.39 is 0 Å². The third-order valence-corrected chi connectivity index (χ3v) is 3.18. The number of benzene rings is 2. The van der Waals surface area contributed by atoms with E-state index in [1.54, 1.807) is 30.3 Å². The number of rotatable bonds is 5. The van der Waals surface area contributed by atoms with E-state index in [1.165, 1.54) is 0 Å². The van der Waals surface area contributed by atoms with Crippen molar-refractivity contribution < 1.29 is 9.53 Å². The van der Waals surface area contributed by atoms with Crippen LogP contribution in [0, 0.1) is 0 Å². The number of carbonyl (C=O) groups excluding carboxylic acids is 1. The highest BCUT2D eigenvalue weighted by Gasteiger charge is 2.10. The van der Waals surface area contributed by atoms with Crippen molar-refractivity contribution in [2.75, 3.05) is 12.3 Å². The summed E-state index contributed by atoms with van der Waals surface area (Å²) in [5, 5.41) is 3.29. The predicted octanol–water partition coefficient (Wildman–Crippen LogP) is 4.28. The van der Waals surface area contributed by atoms with E-state index in [0.29, 0.717) is 34.3 Å². The lowest BCUT2D eigenvalue weighted by molar-refractivity contribution is 0.0953. The minimum absolute atomic E-state index is 0. The van der Waals surface area contributed by atoms with Gasteiger partial charge in [-0.25, -0.2) is 0 Å². The molecule has 0 saturated heterocycles. The number of hydrogen-bond acceptors (Lipinski definition) is 3. The average molecular weight is 341 g/mol. The maximum atomic E-state index is 12.0. The molecule has 3 N–H and O–H groups in total. The summed E-state index contributed by atoms with van der Waals surface area (Å²) >= 11 is 6.05. The number of nitrogen functional groups attached to an aromatic ring is 1. The van der Waals surface area contributed by atoms with Gasteiger partial charge in [-0.1, -0.05) is 30.7 Å². The minimum atomic E-state index is -0.152. The van der Waals surface area contributed by atoms with Crippen LogP contribution in [0.2, 0.25) is 5.02 Å². The summed E-state index contributed by atoms with van der Waals surface area (Å²) in [6.07, 6.45) is 0.879. The zero-order valence-corrected chi connectivity index (χ0v) is 13.7. The number of ether oxygens (including phenoxy) is 1. The fourth-order valence-electron chi connectivity index (χ4n) is 1.75. The van der Waals surface area contributed by atoms with E-state index in [4.69, 9.17) is 22.1 Å². The lowest BCUT2D eigenvalue weighted by atomic mass is 10.1. The summed E-state index contributed by atoms with van der Waals surface area (Å²) in [4.78, 5) is 12.0. The van der Waals surface area contributed by atoms with Crippen LogP contribution in [0.3, 0.4) is 0 Å². The Morgan fingerprint density at radius 2 is 1.95 bits per heavy atom. The molecular weight excluding hydrogens is 323 g/mol. The molecule has 0 atom stereocenters. The number of anilines is 1. The zero-order chi connectivity index (χ0) is 15.2. The van der Waals surface area contributed by atoms with Crippen LogP contribution >= 0.6 is 24.0 Å². The molecule has 0 spiro atoms. The van der Waals surface area contributed by atoms with Crippen LogP contribution in [0.5, 0.6) is 11.5 Å². The van der Waals surface area contributed by atoms with Gasteiger partial charge in [-0.2, -0.15) is 0 Å². The van der Waals surface area contributed by atoms with Gasteiger partial charge < -0.3 is 15.8 Å². The van der Waals surface area contributed by atoms with Crippen molar-refractivity contribution in [3.8, 4) is 11.5 Å². The second kappa shape index (κ2) is 8.51. The summed E-state index contributed by atoms with van der Waals surface area (Å²) in [6.45, 7) is 2.62. The Balaban J connectivity index is 0.00000242. The van der Waals surface area contributed by atoms with Crippen LogP contribution in [0.15, 0.2) is 42.5 Å². The van der Waals surface area contributed by atoms with Crippen LogP contribution in [0.4, 0.5) is 5.69 Å². The molecular formula is C16H18Cl2N2O2. The van der Waals surface area contributed by atoms with E-state index in [-0.39, 0.29) is 18.3 Å². The Morgan fingerprint density at radius 1 is 1.23 bits per heavy atom. The number of para-hydroxylation sites is 1. The van der Waals surface area contributed by atoms with E-state index in [2.05, 4.69) is 5.32 Å². The second-order valence-electron chi connectivity index (χ2n) is 4.54. The molecule has 2 aromatic carbocycles. The highest BCUT2D eigenvalue weighted by molar-refractivity contribution is 6.32. The van der Waals surface area contributed by atoms with Gasteiger partial charge in [0.2, 0.25) is 0 Å². The third-order valence-electron chi connectivity index (χ3n) is 2.87. The van der Waals surface area contributed by atoms with Crippen molar-refractivity contribution in [1.82, 2.24) is 5.32 Å². The number of nitrogens with two attached hydrogens (primary N) is 1. The van der Waals surface area contributed by atoms with E-state index in [0.717, 1.165) is 6.42 Å². The Bertz CT molecular complexity index is 648. The van der Waals surface area contributed by atoms with Gasteiger partial charge in [-0.05, 0) is 36.8 Å². The molecule has 0 bridgehead atoms. The molecule has 0 aliphatic carbocycles. The molecule has 0 aromatic heterocycles. The molecule has 0 saturated carbocycles. The molecule has 2 aromatic rings. The largest absolute Gasteiger partial charge is 0.454 e. The number of halogens is 2. The summed E-state index contributed by atoms with van der Waals surface area (Å²) in [7, 11) is 0. The Hall–Kier alpha value is -1.91. The number of hydrogen-bond donors (Lipinski definition) is 2. The van der Waals surface area contributed by atoms with Crippen LogP contribution in [0.1, 0.15) is 23.7 Å². The van der Waals surface area contributed by atoms with Crippen LogP contribution in [-0.4, -0.2) is 12.5 Å². The predicted molar refractivity (Wildman–Crippen MR) is 92.3 cm³/mol. The standard InChI is InChI=1S/C16H17ClN2O2.ClH/c1-2-9-19-16(20)11-7-8-13(18)15(10-11)21-14-6-4-3-5-12(14)17;/h3-8,10H,2,9,18H2,1H3,(H,19,20);1H. The third kappa shape index (κ3) is 4.55. The summed E-state index contributed by atoms with van der Waals surface area (Å²) in [5.74, 6) is 0.755. The van der Waals surface area contributed by atoms with Gasteiger partial charge in [-0.15, -0.1) is 12.4 Å². The van der Waals surface area contributed by atoms with Crippen molar-refractivity contribution in [1.29, 1.82) is 0 Å². The van der Waals surface area contributed by atoms with Crippen molar-refractivity contribution in [3.05, 3.63) is 53.1 Å². The minimum Gasteiger partial charge on any atom is -0.454 e. The summed E-state index contributed by atoms with van der Waals surface area (Å²) in [6, 6.07) is 12.0. The van der Waals surface area contributed by atoms with E-state index >= 15 is 0 Å². The molecule has 4 nitrogen and oxygen atoms in total. The van der Waals surface area contributed by atoms with E-state index in [1.807, 2.05) is 19.1 Å². The first-order chi connectivity index (χ1) is 10.1. The zero-order valence-electron chi connectivity index (χ0n) is 12.1. The summed E-state index contributed by atoms with van der Waals surface area (Å²) in [5.41, 5.74) is 6.83. The number of carbonyl (C=O) groups is 1. The Morgan fingerprint density at radius 3 is 2.64 bits per heavy atom. The van der Waals surface area contributed by atoms with Crippen molar-refractivity contribution in [2.24, 2.45) is 0 Å². The van der Waals surface area contributed by atoms with Gasteiger partial charge in [0.1, 0.15) is 5.75 Å². The van der Waals surface area contributed by atoms with Crippen LogP contribution in [0.25, 0.3) is 0 Å². The average Bonchev–Trinajstić information content (AvgIpc) is 2.49. The van der Waals surface area contributed by atoms with Gasteiger partial charge in [0.15, 0.2) is 5.75 Å². The smallest absolute Gasteiger partial charge is 0.251 e. The first-order valence-electron chi connectivity index (χ1n) is 6.72.